The Hall–Kier alpha value is -1.93. The van der Waals surface area contributed by atoms with Gasteiger partial charge in [-0.3, -0.25) is 4.68 Å². The van der Waals surface area contributed by atoms with E-state index in [1.807, 2.05) is 7.05 Å². The molecule has 0 saturated carbocycles. The summed E-state index contributed by atoms with van der Waals surface area (Å²) in [6.45, 7) is 1.39. The van der Waals surface area contributed by atoms with E-state index < -0.39 is 9.84 Å². The second-order valence-electron chi connectivity index (χ2n) is 4.51. The highest BCUT2D eigenvalue weighted by atomic mass is 32.2. The number of nitrogens with one attached hydrogen (secondary N) is 1. The number of nitrogens with zero attached hydrogens (tertiary/aromatic N) is 3. The molecule has 0 amide bonds. The fourth-order valence-electron chi connectivity index (χ4n) is 1.80. The second-order valence-corrected chi connectivity index (χ2v) is 6.50. The van der Waals surface area contributed by atoms with E-state index in [2.05, 4.69) is 15.6 Å². The van der Waals surface area contributed by atoms with Gasteiger partial charge in [0.25, 0.3) is 0 Å². The Morgan fingerprint density at radius 3 is 2.62 bits per heavy atom. The van der Waals surface area contributed by atoms with Crippen molar-refractivity contribution in [1.82, 2.24) is 20.3 Å². The molecule has 2 aromatic rings. The molecule has 2 rings (SSSR count). The molecule has 0 unspecified atom stereocenters. The minimum atomic E-state index is -3.43. The third-order valence-electron chi connectivity index (χ3n) is 2.93. The average Bonchev–Trinajstić information content (AvgIpc) is 2.92. The Labute approximate surface area is 123 Å². The molecule has 1 aromatic heterocycles. The maximum Gasteiger partial charge on any atom is 0.184 e. The summed E-state index contributed by atoms with van der Waals surface area (Å²) in [6.07, 6.45) is 1.65. The quantitative estimate of drug-likeness (QED) is 0.800. The van der Waals surface area contributed by atoms with Gasteiger partial charge in [0.2, 0.25) is 0 Å². The van der Waals surface area contributed by atoms with Crippen LogP contribution in [0.5, 0.6) is 5.75 Å². The molecule has 0 aliphatic heterocycles. The number of methoxy groups -OCH3 is 1. The van der Waals surface area contributed by atoms with Gasteiger partial charge in [0.15, 0.2) is 9.84 Å². The van der Waals surface area contributed by atoms with Crippen LogP contribution in [-0.2, 0) is 22.1 Å². The fourth-order valence-corrected chi connectivity index (χ4v) is 3.04. The smallest absolute Gasteiger partial charge is 0.184 e. The van der Waals surface area contributed by atoms with Crippen molar-refractivity contribution in [3.8, 4) is 5.75 Å². The lowest BCUT2D eigenvalue weighted by Crippen LogP contribution is -2.15. The van der Waals surface area contributed by atoms with Crippen LogP contribution in [0.4, 0.5) is 0 Å². The summed E-state index contributed by atoms with van der Waals surface area (Å²) >= 11 is 0. The number of ether oxygens (including phenoxy) is 1. The van der Waals surface area contributed by atoms with E-state index in [0.717, 1.165) is 6.54 Å². The van der Waals surface area contributed by atoms with Crippen molar-refractivity contribution in [2.45, 2.75) is 17.2 Å². The predicted octanol–water partition coefficient (Wildman–Crippen LogP) is 0.480. The fraction of sp³-hybridized carbons (Fsp3) is 0.385. The monoisotopic (exact) mass is 310 g/mol. The van der Waals surface area contributed by atoms with E-state index in [1.54, 1.807) is 23.0 Å². The van der Waals surface area contributed by atoms with Crippen LogP contribution in [0.25, 0.3) is 0 Å². The van der Waals surface area contributed by atoms with Gasteiger partial charge in [-0.1, -0.05) is 5.21 Å². The van der Waals surface area contributed by atoms with Gasteiger partial charge in [-0.15, -0.1) is 5.10 Å². The zero-order valence-corrected chi connectivity index (χ0v) is 12.8. The molecule has 0 atom stereocenters. The van der Waals surface area contributed by atoms with Gasteiger partial charge in [0, 0.05) is 12.7 Å². The van der Waals surface area contributed by atoms with Crippen LogP contribution < -0.4 is 10.1 Å². The molecule has 1 N–H and O–H groups in total. The summed E-state index contributed by atoms with van der Waals surface area (Å²) in [4.78, 5) is 0.244. The summed E-state index contributed by atoms with van der Waals surface area (Å²) in [7, 11) is -0.0585. The van der Waals surface area contributed by atoms with Crippen molar-refractivity contribution in [1.29, 1.82) is 0 Å². The van der Waals surface area contributed by atoms with Crippen LogP contribution in [0.2, 0.25) is 0 Å². The van der Waals surface area contributed by atoms with Gasteiger partial charge >= 0.3 is 0 Å². The molecular weight excluding hydrogens is 292 g/mol. The highest BCUT2D eigenvalue weighted by Gasteiger charge is 2.17. The first-order valence-corrected chi connectivity index (χ1v) is 8.11. The number of hydrogen-bond acceptors (Lipinski definition) is 6. The van der Waals surface area contributed by atoms with E-state index in [0.29, 0.717) is 18.0 Å². The third-order valence-corrected chi connectivity index (χ3v) is 4.60. The van der Waals surface area contributed by atoms with Gasteiger partial charge in [0.05, 0.1) is 24.2 Å². The number of rotatable bonds is 7. The lowest BCUT2D eigenvalue weighted by Gasteiger charge is -2.04. The molecular formula is C13H18N4O3S. The Morgan fingerprint density at radius 2 is 2.00 bits per heavy atom. The van der Waals surface area contributed by atoms with Gasteiger partial charge < -0.3 is 10.1 Å². The van der Waals surface area contributed by atoms with Crippen LogP contribution in [0.3, 0.4) is 0 Å². The molecule has 1 aromatic carbocycles. The standard InChI is InChI=1S/C13H18N4O3S/c1-14-7-8-17-9-11(15-16-17)10-21(18,19)13-5-3-12(20-2)4-6-13/h3-6,9,14H,7-8,10H2,1-2H3. The van der Waals surface area contributed by atoms with E-state index >= 15 is 0 Å². The summed E-state index contributed by atoms with van der Waals surface area (Å²) in [5.41, 5.74) is 0.432. The maximum atomic E-state index is 12.3. The number of hydrogen-bond donors (Lipinski definition) is 1. The average molecular weight is 310 g/mol. The molecule has 0 fully saturated rings. The first kappa shape index (κ1) is 15.5. The Bertz CT molecular complexity index is 680. The first-order chi connectivity index (χ1) is 10.0. The zero-order valence-electron chi connectivity index (χ0n) is 12.0. The molecule has 21 heavy (non-hydrogen) atoms. The molecule has 0 saturated heterocycles. The molecule has 0 spiro atoms. The van der Waals surface area contributed by atoms with E-state index in [-0.39, 0.29) is 10.6 Å². The van der Waals surface area contributed by atoms with Crippen molar-refractivity contribution < 1.29 is 13.2 Å². The minimum Gasteiger partial charge on any atom is -0.497 e. The highest BCUT2D eigenvalue weighted by molar-refractivity contribution is 7.90. The first-order valence-electron chi connectivity index (χ1n) is 6.45. The van der Waals surface area contributed by atoms with Gasteiger partial charge in [0.1, 0.15) is 11.5 Å². The van der Waals surface area contributed by atoms with Crippen LogP contribution >= 0.6 is 0 Å². The van der Waals surface area contributed by atoms with Crippen molar-refractivity contribution in [2.24, 2.45) is 0 Å². The van der Waals surface area contributed by atoms with Crippen molar-refractivity contribution >= 4 is 9.84 Å². The zero-order chi connectivity index (χ0) is 15.3. The summed E-state index contributed by atoms with van der Waals surface area (Å²) in [6, 6.07) is 6.30. The molecule has 0 aliphatic carbocycles. The Balaban J connectivity index is 2.10. The lowest BCUT2D eigenvalue weighted by atomic mass is 10.3. The Kier molecular flexibility index (Phi) is 4.92. The minimum absolute atomic E-state index is 0.168. The normalized spacial score (nSPS) is 11.5. The Morgan fingerprint density at radius 1 is 1.29 bits per heavy atom. The number of likely N-dealkylation sites (N-methyl/N-ethyl adjacent to an activating group) is 1. The van der Waals surface area contributed by atoms with E-state index in [4.69, 9.17) is 4.74 Å². The third kappa shape index (κ3) is 4.02. The second kappa shape index (κ2) is 6.68. The number of benzene rings is 1. The van der Waals surface area contributed by atoms with E-state index in [9.17, 15) is 8.42 Å². The van der Waals surface area contributed by atoms with Crippen LogP contribution in [0, 0.1) is 0 Å². The molecule has 7 nitrogen and oxygen atoms in total. The van der Waals surface area contributed by atoms with E-state index in [1.165, 1.54) is 19.2 Å². The molecule has 8 heteroatoms. The summed E-state index contributed by atoms with van der Waals surface area (Å²) < 4.78 is 31.2. The highest BCUT2D eigenvalue weighted by Crippen LogP contribution is 2.18. The summed E-state index contributed by atoms with van der Waals surface area (Å²) in [5.74, 6) is 0.450. The molecule has 0 radical (unpaired) electrons. The number of sulfone groups is 1. The molecule has 1 heterocycles. The van der Waals surface area contributed by atoms with Gasteiger partial charge in [-0.05, 0) is 31.3 Å². The van der Waals surface area contributed by atoms with Crippen molar-refractivity contribution in [2.75, 3.05) is 20.7 Å². The lowest BCUT2D eigenvalue weighted by molar-refractivity contribution is 0.414. The predicted molar refractivity (Wildman–Crippen MR) is 77.8 cm³/mol. The largest absolute Gasteiger partial charge is 0.497 e. The molecule has 0 bridgehead atoms. The maximum absolute atomic E-state index is 12.3. The van der Waals surface area contributed by atoms with Crippen LogP contribution in [0.1, 0.15) is 5.69 Å². The number of aromatic nitrogens is 3. The van der Waals surface area contributed by atoms with Crippen molar-refractivity contribution in [3.05, 3.63) is 36.2 Å². The molecule has 0 aliphatic rings. The summed E-state index contributed by atoms with van der Waals surface area (Å²) in [5, 5.41) is 10.8. The molecule has 114 valence electrons. The topological polar surface area (TPSA) is 86.1 Å². The van der Waals surface area contributed by atoms with Crippen LogP contribution in [0.15, 0.2) is 35.4 Å². The van der Waals surface area contributed by atoms with Gasteiger partial charge in [-0.25, -0.2) is 8.42 Å². The van der Waals surface area contributed by atoms with Crippen molar-refractivity contribution in [3.63, 3.8) is 0 Å². The van der Waals surface area contributed by atoms with Crippen LogP contribution in [-0.4, -0.2) is 44.1 Å². The van der Waals surface area contributed by atoms with Gasteiger partial charge in [-0.2, -0.15) is 0 Å². The SMILES string of the molecule is CNCCn1cc(CS(=O)(=O)c2ccc(OC)cc2)nn1.